The predicted molar refractivity (Wildman–Crippen MR) is 74.0 cm³/mol. The molecule has 94 valence electrons. The van der Waals surface area contributed by atoms with Crippen LogP contribution in [0.15, 0.2) is 12.1 Å². The lowest BCUT2D eigenvalue weighted by Gasteiger charge is -2.23. The zero-order valence-corrected chi connectivity index (χ0v) is 11.3. The minimum Gasteiger partial charge on any atom is -0.198 e. The van der Waals surface area contributed by atoms with Gasteiger partial charge in [0.2, 0.25) is 0 Å². The summed E-state index contributed by atoms with van der Waals surface area (Å²) < 4.78 is 0. The van der Waals surface area contributed by atoms with Gasteiger partial charge < -0.3 is 0 Å². The highest BCUT2D eigenvalue weighted by atomic mass is 35.5. The van der Waals surface area contributed by atoms with E-state index in [0.717, 1.165) is 17.9 Å². The predicted octanol–water partition coefficient (Wildman–Crippen LogP) is 4.94. The molecule has 1 aromatic rings. The van der Waals surface area contributed by atoms with Crippen LogP contribution in [0.1, 0.15) is 67.1 Å². The van der Waals surface area contributed by atoms with Crippen molar-refractivity contribution in [2.75, 3.05) is 0 Å². The molecule has 0 aromatic heterocycles. The molecular formula is C16H18ClN. The van der Waals surface area contributed by atoms with Crippen LogP contribution >= 0.6 is 11.6 Å². The Hall–Kier alpha value is -1.00. The van der Waals surface area contributed by atoms with Crippen LogP contribution in [-0.2, 0) is 6.42 Å². The molecule has 2 aliphatic carbocycles. The maximum atomic E-state index is 9.13. The van der Waals surface area contributed by atoms with E-state index in [-0.39, 0.29) is 5.92 Å². The number of fused-ring (bicyclic) bond motifs is 1. The Labute approximate surface area is 114 Å². The second-order valence-corrected chi connectivity index (χ2v) is 6.04. The van der Waals surface area contributed by atoms with E-state index in [1.165, 1.54) is 48.8 Å². The van der Waals surface area contributed by atoms with Crippen molar-refractivity contribution in [3.05, 3.63) is 33.8 Å². The number of hydrogen-bond donors (Lipinski definition) is 0. The van der Waals surface area contributed by atoms with Crippen molar-refractivity contribution in [3.63, 3.8) is 0 Å². The van der Waals surface area contributed by atoms with Gasteiger partial charge in [-0.1, -0.05) is 36.9 Å². The molecule has 0 amide bonds. The van der Waals surface area contributed by atoms with Crippen molar-refractivity contribution in [1.29, 1.82) is 5.26 Å². The lowest BCUT2D eigenvalue weighted by atomic mass is 9.83. The van der Waals surface area contributed by atoms with Gasteiger partial charge in [0.1, 0.15) is 0 Å². The summed E-state index contributed by atoms with van der Waals surface area (Å²) in [6, 6.07) is 6.76. The molecule has 0 radical (unpaired) electrons. The zero-order valence-electron chi connectivity index (χ0n) is 10.6. The Bertz CT molecular complexity index is 495. The Morgan fingerprint density at radius 2 is 1.83 bits per heavy atom. The van der Waals surface area contributed by atoms with Gasteiger partial charge in [-0.2, -0.15) is 5.26 Å². The quantitative estimate of drug-likeness (QED) is 0.701. The smallest absolute Gasteiger partial charge is 0.0719 e. The standard InChI is InChI=1S/C16H18ClN/c17-16-9-14-12(6-7-13(14)10-18)8-15(16)11-4-2-1-3-5-11/h8-9,11,13H,1-7H2. The Morgan fingerprint density at radius 1 is 1.06 bits per heavy atom. The van der Waals surface area contributed by atoms with Crippen LogP contribution in [0.25, 0.3) is 0 Å². The summed E-state index contributed by atoms with van der Waals surface area (Å²) in [6.07, 6.45) is 8.61. The molecule has 0 aliphatic heterocycles. The van der Waals surface area contributed by atoms with Gasteiger partial charge in [-0.3, -0.25) is 0 Å². The molecular weight excluding hydrogens is 242 g/mol. The lowest BCUT2D eigenvalue weighted by molar-refractivity contribution is 0.443. The van der Waals surface area contributed by atoms with Crippen LogP contribution in [0.3, 0.4) is 0 Å². The van der Waals surface area contributed by atoms with Crippen LogP contribution in [0.5, 0.6) is 0 Å². The van der Waals surface area contributed by atoms with E-state index >= 15 is 0 Å². The number of hydrogen-bond acceptors (Lipinski definition) is 1. The third-order valence-corrected chi connectivity index (χ3v) is 4.86. The summed E-state index contributed by atoms with van der Waals surface area (Å²) in [7, 11) is 0. The van der Waals surface area contributed by atoms with E-state index in [4.69, 9.17) is 16.9 Å². The molecule has 0 bridgehead atoms. The summed E-state index contributed by atoms with van der Waals surface area (Å²) in [5.74, 6) is 0.718. The van der Waals surface area contributed by atoms with E-state index in [1.807, 2.05) is 0 Å². The van der Waals surface area contributed by atoms with Gasteiger partial charge in [0, 0.05) is 5.02 Å². The molecule has 0 N–H and O–H groups in total. The summed E-state index contributed by atoms with van der Waals surface area (Å²) >= 11 is 6.45. The summed E-state index contributed by atoms with van der Waals surface area (Å²) in [5, 5.41) is 10.0. The average molecular weight is 260 g/mol. The number of benzene rings is 1. The molecule has 18 heavy (non-hydrogen) atoms. The van der Waals surface area contributed by atoms with E-state index in [9.17, 15) is 0 Å². The van der Waals surface area contributed by atoms with Gasteiger partial charge in [0.15, 0.2) is 0 Å². The third-order valence-electron chi connectivity index (χ3n) is 4.54. The van der Waals surface area contributed by atoms with Gasteiger partial charge in [0.05, 0.1) is 12.0 Å². The van der Waals surface area contributed by atoms with E-state index in [2.05, 4.69) is 18.2 Å². The molecule has 2 heteroatoms. The summed E-state index contributed by atoms with van der Waals surface area (Å²) in [5.41, 5.74) is 3.89. The monoisotopic (exact) mass is 259 g/mol. The lowest BCUT2D eigenvalue weighted by Crippen LogP contribution is -2.06. The molecule has 1 fully saturated rings. The minimum atomic E-state index is 0.0675. The minimum absolute atomic E-state index is 0.0675. The molecule has 0 spiro atoms. The normalized spacial score (nSPS) is 23.7. The molecule has 0 saturated heterocycles. The van der Waals surface area contributed by atoms with Crippen molar-refractivity contribution < 1.29 is 0 Å². The van der Waals surface area contributed by atoms with Crippen LogP contribution in [0.2, 0.25) is 5.02 Å². The van der Waals surface area contributed by atoms with Crippen molar-refractivity contribution in [1.82, 2.24) is 0 Å². The second kappa shape index (κ2) is 4.94. The van der Waals surface area contributed by atoms with Gasteiger partial charge in [-0.05, 0) is 54.4 Å². The number of halogens is 1. The first-order valence-electron chi connectivity index (χ1n) is 7.01. The Balaban J connectivity index is 1.95. The Morgan fingerprint density at radius 3 is 2.56 bits per heavy atom. The molecule has 1 unspecified atom stereocenters. The van der Waals surface area contributed by atoms with Gasteiger partial charge >= 0.3 is 0 Å². The van der Waals surface area contributed by atoms with Gasteiger partial charge in [0.25, 0.3) is 0 Å². The van der Waals surface area contributed by atoms with Gasteiger partial charge in [-0.15, -0.1) is 0 Å². The molecule has 0 heterocycles. The molecule has 1 nitrogen and oxygen atoms in total. The van der Waals surface area contributed by atoms with Crippen molar-refractivity contribution >= 4 is 11.6 Å². The largest absolute Gasteiger partial charge is 0.198 e. The first kappa shape index (κ1) is 12.1. The van der Waals surface area contributed by atoms with E-state index < -0.39 is 0 Å². The Kier molecular flexibility index (Phi) is 3.31. The highest BCUT2D eigenvalue weighted by molar-refractivity contribution is 6.31. The fourth-order valence-electron chi connectivity index (χ4n) is 3.51. The summed E-state index contributed by atoms with van der Waals surface area (Å²) in [4.78, 5) is 0. The van der Waals surface area contributed by atoms with Gasteiger partial charge in [-0.25, -0.2) is 0 Å². The third kappa shape index (κ3) is 2.04. The fraction of sp³-hybridized carbons (Fsp3) is 0.562. The number of aryl methyl sites for hydroxylation is 1. The van der Waals surface area contributed by atoms with Crippen molar-refractivity contribution in [2.24, 2.45) is 0 Å². The highest BCUT2D eigenvalue weighted by Crippen LogP contribution is 2.41. The molecule has 3 rings (SSSR count). The van der Waals surface area contributed by atoms with Crippen molar-refractivity contribution in [2.45, 2.75) is 56.8 Å². The number of rotatable bonds is 1. The van der Waals surface area contributed by atoms with E-state index in [1.54, 1.807) is 0 Å². The van der Waals surface area contributed by atoms with E-state index in [0.29, 0.717) is 5.92 Å². The fourth-order valence-corrected chi connectivity index (χ4v) is 3.84. The maximum absolute atomic E-state index is 9.13. The average Bonchev–Trinajstić information content (AvgIpc) is 2.80. The topological polar surface area (TPSA) is 23.8 Å². The molecule has 1 aromatic carbocycles. The maximum Gasteiger partial charge on any atom is 0.0719 e. The first-order chi connectivity index (χ1) is 8.79. The molecule has 1 saturated carbocycles. The van der Waals surface area contributed by atoms with Crippen molar-refractivity contribution in [3.8, 4) is 6.07 Å². The van der Waals surface area contributed by atoms with Crippen LogP contribution < -0.4 is 0 Å². The van der Waals surface area contributed by atoms with Crippen LogP contribution in [0.4, 0.5) is 0 Å². The summed E-state index contributed by atoms with van der Waals surface area (Å²) in [6.45, 7) is 0. The van der Waals surface area contributed by atoms with Crippen LogP contribution in [0, 0.1) is 11.3 Å². The number of nitriles is 1. The first-order valence-corrected chi connectivity index (χ1v) is 7.39. The number of nitrogens with zero attached hydrogens (tertiary/aromatic N) is 1. The van der Waals surface area contributed by atoms with Crippen LogP contribution in [-0.4, -0.2) is 0 Å². The second-order valence-electron chi connectivity index (χ2n) is 5.63. The SMILES string of the molecule is N#CC1CCc2cc(C3CCCCC3)c(Cl)cc21. The molecule has 1 atom stereocenters. The molecule has 2 aliphatic rings. The highest BCUT2D eigenvalue weighted by Gasteiger charge is 2.26. The zero-order chi connectivity index (χ0) is 12.5.